The van der Waals surface area contributed by atoms with Crippen LogP contribution in [0.25, 0.3) is 0 Å². The van der Waals surface area contributed by atoms with Gasteiger partial charge in [0.05, 0.1) is 24.5 Å². The Hall–Kier alpha value is -1.53. The molecule has 114 valence electrons. The smallest absolute Gasteiger partial charge is 0.175 e. The predicted molar refractivity (Wildman–Crippen MR) is 85.8 cm³/mol. The van der Waals surface area contributed by atoms with Gasteiger partial charge in [0.25, 0.3) is 0 Å². The van der Waals surface area contributed by atoms with Gasteiger partial charge in [-0.15, -0.1) is 0 Å². The van der Waals surface area contributed by atoms with Gasteiger partial charge in [0.1, 0.15) is 0 Å². The molecule has 21 heavy (non-hydrogen) atoms. The Morgan fingerprint density at radius 1 is 1.38 bits per heavy atom. The van der Waals surface area contributed by atoms with E-state index in [0.717, 1.165) is 41.2 Å². The molecule has 0 saturated carbocycles. The zero-order valence-electron chi connectivity index (χ0n) is 12.3. The molecule has 5 nitrogen and oxygen atoms in total. The number of imidazole rings is 1. The van der Waals surface area contributed by atoms with E-state index in [0.29, 0.717) is 6.61 Å². The summed E-state index contributed by atoms with van der Waals surface area (Å²) >= 11 is 3.54. The Labute approximate surface area is 133 Å². The highest BCUT2D eigenvalue weighted by molar-refractivity contribution is 9.10. The monoisotopic (exact) mass is 353 g/mol. The Bertz CT molecular complexity index is 558. The maximum atomic E-state index is 5.59. The molecule has 6 heteroatoms. The molecule has 0 aliphatic carbocycles. The lowest BCUT2D eigenvalue weighted by molar-refractivity contribution is 0.308. The van der Waals surface area contributed by atoms with Crippen molar-refractivity contribution in [3.63, 3.8) is 0 Å². The molecule has 1 aromatic carbocycles. The van der Waals surface area contributed by atoms with Gasteiger partial charge in [-0.3, -0.25) is 0 Å². The van der Waals surface area contributed by atoms with E-state index in [2.05, 4.69) is 32.3 Å². The summed E-state index contributed by atoms with van der Waals surface area (Å²) in [7, 11) is 1.65. The first-order valence-electron chi connectivity index (χ1n) is 6.90. The van der Waals surface area contributed by atoms with Gasteiger partial charge in [-0.05, 0) is 40.5 Å². The van der Waals surface area contributed by atoms with Crippen molar-refractivity contribution in [2.45, 2.75) is 20.0 Å². The van der Waals surface area contributed by atoms with Crippen molar-refractivity contribution in [1.29, 1.82) is 0 Å². The van der Waals surface area contributed by atoms with E-state index < -0.39 is 0 Å². The third-order valence-corrected chi connectivity index (χ3v) is 3.60. The number of nitrogens with one attached hydrogen (secondary N) is 1. The molecule has 2 aromatic rings. The summed E-state index contributed by atoms with van der Waals surface area (Å²) in [5.74, 6) is 1.50. The highest BCUT2D eigenvalue weighted by Gasteiger charge is 2.10. The van der Waals surface area contributed by atoms with E-state index in [4.69, 9.17) is 9.47 Å². The molecule has 0 fully saturated rings. The van der Waals surface area contributed by atoms with E-state index in [-0.39, 0.29) is 0 Å². The van der Waals surface area contributed by atoms with Crippen LogP contribution in [0.15, 0.2) is 35.3 Å². The number of nitrogens with zero attached hydrogens (tertiary/aromatic N) is 2. The van der Waals surface area contributed by atoms with Gasteiger partial charge in [-0.25, -0.2) is 4.98 Å². The first-order chi connectivity index (χ1) is 10.2. The van der Waals surface area contributed by atoms with E-state index in [1.165, 1.54) is 0 Å². The van der Waals surface area contributed by atoms with Crippen LogP contribution in [0.4, 0.5) is 0 Å². The average Bonchev–Trinajstić information content (AvgIpc) is 2.99. The minimum absolute atomic E-state index is 0.609. The molecule has 0 bridgehead atoms. The van der Waals surface area contributed by atoms with Crippen molar-refractivity contribution in [1.82, 2.24) is 14.9 Å². The lowest BCUT2D eigenvalue weighted by atomic mass is 10.2. The second-order valence-electron chi connectivity index (χ2n) is 4.52. The van der Waals surface area contributed by atoms with Gasteiger partial charge in [0.15, 0.2) is 11.5 Å². The van der Waals surface area contributed by atoms with Crippen molar-refractivity contribution in [2.24, 2.45) is 0 Å². The Kier molecular flexibility index (Phi) is 6.07. The molecule has 2 rings (SSSR count). The van der Waals surface area contributed by atoms with Crippen LogP contribution in [0.1, 0.15) is 12.5 Å². The second-order valence-corrected chi connectivity index (χ2v) is 5.37. The van der Waals surface area contributed by atoms with Crippen LogP contribution in [0, 0.1) is 0 Å². The SMILES string of the molecule is CCOc1c(Br)cc(CNCCn2ccnc2)cc1OC. The zero-order chi connectivity index (χ0) is 15.1. The van der Waals surface area contributed by atoms with Crippen molar-refractivity contribution >= 4 is 15.9 Å². The molecule has 1 heterocycles. The summed E-state index contributed by atoms with van der Waals surface area (Å²) < 4.78 is 13.9. The first-order valence-corrected chi connectivity index (χ1v) is 7.69. The highest BCUT2D eigenvalue weighted by Crippen LogP contribution is 2.36. The number of ether oxygens (including phenoxy) is 2. The highest BCUT2D eigenvalue weighted by atomic mass is 79.9. The van der Waals surface area contributed by atoms with Gasteiger partial charge >= 0.3 is 0 Å². The molecular formula is C15H20BrN3O2. The summed E-state index contributed by atoms with van der Waals surface area (Å²) in [4.78, 5) is 4.02. The van der Waals surface area contributed by atoms with E-state index in [9.17, 15) is 0 Å². The molecule has 1 aromatic heterocycles. The number of halogens is 1. The third kappa shape index (κ3) is 4.47. The molecule has 0 aliphatic rings. The maximum Gasteiger partial charge on any atom is 0.175 e. The third-order valence-electron chi connectivity index (χ3n) is 3.01. The lowest BCUT2D eigenvalue weighted by Gasteiger charge is -2.14. The fraction of sp³-hybridized carbons (Fsp3) is 0.400. The summed E-state index contributed by atoms with van der Waals surface area (Å²) in [6, 6.07) is 4.05. The van der Waals surface area contributed by atoms with Gasteiger partial charge in [0, 0.05) is 32.0 Å². The number of methoxy groups -OCH3 is 1. The average molecular weight is 354 g/mol. The Balaban J connectivity index is 1.92. The predicted octanol–water partition coefficient (Wildman–Crippen LogP) is 2.84. The summed E-state index contributed by atoms with van der Waals surface area (Å²) in [5, 5.41) is 3.40. The Morgan fingerprint density at radius 2 is 2.24 bits per heavy atom. The molecule has 0 unspecified atom stereocenters. The fourth-order valence-corrected chi connectivity index (χ4v) is 2.62. The Morgan fingerprint density at radius 3 is 2.90 bits per heavy atom. The number of benzene rings is 1. The first kappa shape index (κ1) is 15.9. The van der Waals surface area contributed by atoms with Crippen LogP contribution >= 0.6 is 15.9 Å². The van der Waals surface area contributed by atoms with Gasteiger partial charge in [-0.1, -0.05) is 0 Å². The molecule has 0 amide bonds. The van der Waals surface area contributed by atoms with Crippen LogP contribution in [-0.4, -0.2) is 29.8 Å². The molecule has 0 radical (unpaired) electrons. The maximum absolute atomic E-state index is 5.59. The summed E-state index contributed by atoms with van der Waals surface area (Å²) in [6.45, 7) is 5.11. The lowest BCUT2D eigenvalue weighted by Crippen LogP contribution is -2.19. The summed E-state index contributed by atoms with van der Waals surface area (Å²) in [6.07, 6.45) is 5.56. The molecular weight excluding hydrogens is 334 g/mol. The van der Waals surface area contributed by atoms with Crippen molar-refractivity contribution < 1.29 is 9.47 Å². The van der Waals surface area contributed by atoms with E-state index in [1.54, 1.807) is 13.3 Å². The second kappa shape index (κ2) is 8.05. The van der Waals surface area contributed by atoms with E-state index >= 15 is 0 Å². The van der Waals surface area contributed by atoms with Crippen LogP contribution in [-0.2, 0) is 13.1 Å². The number of rotatable bonds is 8. The van der Waals surface area contributed by atoms with Crippen LogP contribution in [0.3, 0.4) is 0 Å². The fourth-order valence-electron chi connectivity index (χ4n) is 2.02. The van der Waals surface area contributed by atoms with Crippen molar-refractivity contribution in [3.05, 3.63) is 40.9 Å². The minimum atomic E-state index is 0.609. The van der Waals surface area contributed by atoms with Crippen LogP contribution < -0.4 is 14.8 Å². The van der Waals surface area contributed by atoms with Crippen LogP contribution in [0.2, 0.25) is 0 Å². The molecule has 0 spiro atoms. The normalized spacial score (nSPS) is 10.6. The van der Waals surface area contributed by atoms with Crippen molar-refractivity contribution in [3.8, 4) is 11.5 Å². The number of aromatic nitrogens is 2. The van der Waals surface area contributed by atoms with Crippen molar-refractivity contribution in [2.75, 3.05) is 20.3 Å². The molecule has 0 atom stereocenters. The molecule has 0 aliphatic heterocycles. The topological polar surface area (TPSA) is 48.3 Å². The van der Waals surface area contributed by atoms with Gasteiger partial charge in [-0.2, -0.15) is 0 Å². The standard InChI is InChI=1S/C15H20BrN3O2/c1-3-21-15-13(16)8-12(9-14(15)20-2)10-17-4-6-19-7-5-18-11-19/h5,7-9,11,17H,3-4,6,10H2,1-2H3. The number of hydrogen-bond donors (Lipinski definition) is 1. The minimum Gasteiger partial charge on any atom is -0.493 e. The van der Waals surface area contributed by atoms with Gasteiger partial charge < -0.3 is 19.4 Å². The van der Waals surface area contributed by atoms with E-state index in [1.807, 2.05) is 30.1 Å². The quantitative estimate of drug-likeness (QED) is 0.741. The molecule has 0 saturated heterocycles. The van der Waals surface area contributed by atoms with Gasteiger partial charge in [0.2, 0.25) is 0 Å². The molecule has 1 N–H and O–H groups in total. The largest absolute Gasteiger partial charge is 0.493 e. The zero-order valence-corrected chi connectivity index (χ0v) is 13.9. The summed E-state index contributed by atoms with van der Waals surface area (Å²) in [5.41, 5.74) is 1.15. The number of hydrogen-bond acceptors (Lipinski definition) is 4. The van der Waals surface area contributed by atoms with Crippen LogP contribution in [0.5, 0.6) is 11.5 Å².